The summed E-state index contributed by atoms with van der Waals surface area (Å²) in [6, 6.07) is 11.6. The highest BCUT2D eigenvalue weighted by atomic mass is 16.6. The zero-order chi connectivity index (χ0) is 34.3. The van der Waals surface area contributed by atoms with Crippen LogP contribution in [0.3, 0.4) is 0 Å². The number of anilines is 2. The van der Waals surface area contributed by atoms with Crippen molar-refractivity contribution in [3.05, 3.63) is 48.5 Å². The Bertz CT molecular complexity index is 1410. The molecule has 16 nitrogen and oxygen atoms in total. The predicted octanol–water partition coefficient (Wildman–Crippen LogP) is 3.29. The summed E-state index contributed by atoms with van der Waals surface area (Å²) in [5.74, 6) is -5.14. The first-order valence-electron chi connectivity index (χ1n) is 14.3. The molecular formula is C30H39N7O9. The first-order valence-corrected chi connectivity index (χ1v) is 14.3. The van der Waals surface area contributed by atoms with Gasteiger partial charge in [-0.15, -0.1) is 0 Å². The summed E-state index contributed by atoms with van der Waals surface area (Å²) in [6.45, 7) is 4.35. The Morgan fingerprint density at radius 1 is 0.804 bits per heavy atom. The number of hydrogen-bond acceptors (Lipinski definition) is 10. The van der Waals surface area contributed by atoms with Gasteiger partial charge in [-0.3, -0.25) is 19.2 Å². The highest BCUT2D eigenvalue weighted by molar-refractivity contribution is 5.94. The van der Waals surface area contributed by atoms with Crippen LogP contribution in [0.25, 0.3) is 0 Å². The van der Waals surface area contributed by atoms with E-state index in [9.17, 15) is 39.0 Å². The number of aliphatic carboxylic acids is 2. The topological polar surface area (TPSA) is 251 Å². The number of carbonyl (C=O) groups excluding carboxylic acids is 4. The van der Waals surface area contributed by atoms with Gasteiger partial charge in [0.15, 0.2) is 0 Å². The van der Waals surface area contributed by atoms with Crippen LogP contribution in [0, 0.1) is 5.92 Å². The fraction of sp³-hybridized carbons (Fsp3) is 0.400. The van der Waals surface area contributed by atoms with Crippen LogP contribution in [0.5, 0.6) is 0 Å². The fourth-order valence-corrected chi connectivity index (χ4v) is 3.83. The van der Waals surface area contributed by atoms with Crippen molar-refractivity contribution in [3.63, 3.8) is 0 Å². The van der Waals surface area contributed by atoms with Crippen LogP contribution in [0.15, 0.2) is 58.8 Å². The van der Waals surface area contributed by atoms with Crippen molar-refractivity contribution in [2.45, 2.75) is 58.1 Å². The van der Waals surface area contributed by atoms with Gasteiger partial charge in [-0.2, -0.15) is 10.2 Å². The van der Waals surface area contributed by atoms with Crippen molar-refractivity contribution in [2.24, 2.45) is 21.9 Å². The number of benzene rings is 2. The van der Waals surface area contributed by atoms with E-state index in [0.717, 1.165) is 0 Å². The van der Waals surface area contributed by atoms with Gasteiger partial charge in [0.2, 0.25) is 17.7 Å². The van der Waals surface area contributed by atoms with Gasteiger partial charge >= 0.3 is 18.0 Å². The van der Waals surface area contributed by atoms with Gasteiger partial charge in [0.25, 0.3) is 0 Å². The fourth-order valence-electron chi connectivity index (χ4n) is 3.83. The molecule has 0 fully saturated rings. The van der Waals surface area contributed by atoms with E-state index in [4.69, 9.17) is 10.5 Å². The molecule has 248 valence electrons. The van der Waals surface area contributed by atoms with Crippen LogP contribution in [0.1, 0.15) is 46.5 Å². The summed E-state index contributed by atoms with van der Waals surface area (Å²) in [5, 5.41) is 37.1. The number of ether oxygens (including phenoxy) is 1. The quantitative estimate of drug-likeness (QED) is 0.132. The van der Waals surface area contributed by atoms with E-state index in [1.54, 1.807) is 69.3 Å². The maximum Gasteiger partial charge on any atom is 0.408 e. The molecule has 16 heteroatoms. The number of carboxylic acids is 2. The number of nitrogens with zero attached hydrogens (tertiary/aromatic N) is 2. The van der Waals surface area contributed by atoms with E-state index < -0.39 is 53.8 Å². The highest BCUT2D eigenvalue weighted by Crippen LogP contribution is 2.22. The first kappa shape index (κ1) is 36.8. The molecule has 0 saturated heterocycles. The molecule has 0 saturated carbocycles. The Morgan fingerprint density at radius 2 is 1.33 bits per heavy atom. The van der Waals surface area contributed by atoms with Crippen LogP contribution in [0.4, 0.5) is 27.5 Å². The van der Waals surface area contributed by atoms with Crippen LogP contribution in [-0.4, -0.2) is 70.7 Å². The van der Waals surface area contributed by atoms with E-state index in [-0.39, 0.29) is 38.3 Å². The Hall–Kier alpha value is -5.38. The normalized spacial score (nSPS) is 12.4. The van der Waals surface area contributed by atoms with Gasteiger partial charge in [0.05, 0.1) is 30.4 Å². The van der Waals surface area contributed by atoms with Crippen molar-refractivity contribution >= 4 is 58.5 Å². The Kier molecular flexibility index (Phi) is 14.2. The lowest BCUT2D eigenvalue weighted by molar-refractivity contribution is -0.144. The molecule has 0 aliphatic carbocycles. The molecule has 0 aromatic heterocycles. The number of rotatable bonds is 16. The third kappa shape index (κ3) is 14.4. The zero-order valence-electron chi connectivity index (χ0n) is 25.7. The minimum atomic E-state index is -1.50. The summed E-state index contributed by atoms with van der Waals surface area (Å²) < 4.78 is 5.03. The summed E-state index contributed by atoms with van der Waals surface area (Å²) in [6.07, 6.45) is -1.42. The molecule has 2 atom stereocenters. The number of carbonyl (C=O) groups is 6. The highest BCUT2D eigenvalue weighted by Gasteiger charge is 2.30. The minimum absolute atomic E-state index is 0.0310. The van der Waals surface area contributed by atoms with Gasteiger partial charge in [0.1, 0.15) is 11.6 Å². The minimum Gasteiger partial charge on any atom is -0.481 e. The zero-order valence-corrected chi connectivity index (χ0v) is 25.7. The number of alkyl carbamates (subject to hydrolysis) is 1. The van der Waals surface area contributed by atoms with Crippen molar-refractivity contribution in [1.82, 2.24) is 10.6 Å². The molecule has 46 heavy (non-hydrogen) atoms. The number of nitrogens with two attached hydrogens (primary N) is 1. The van der Waals surface area contributed by atoms with Crippen LogP contribution >= 0.6 is 0 Å². The second-order valence-electron chi connectivity index (χ2n) is 11.1. The molecule has 4 amide bonds. The Labute approximate surface area is 265 Å². The summed E-state index contributed by atoms with van der Waals surface area (Å²) >= 11 is 0. The van der Waals surface area contributed by atoms with Crippen LogP contribution in [-0.2, 0) is 28.7 Å². The number of nitrogens with one attached hydrogen (secondary N) is 4. The lowest BCUT2D eigenvalue weighted by atomic mass is 9.94. The van der Waals surface area contributed by atoms with Gasteiger partial charge in [0, 0.05) is 17.8 Å². The molecule has 0 heterocycles. The molecule has 0 radical (unpaired) electrons. The molecule has 0 spiro atoms. The van der Waals surface area contributed by atoms with Crippen molar-refractivity contribution in [1.29, 1.82) is 0 Å². The lowest BCUT2D eigenvalue weighted by Crippen LogP contribution is -2.45. The third-order valence-corrected chi connectivity index (χ3v) is 6.03. The Morgan fingerprint density at radius 3 is 1.78 bits per heavy atom. The second-order valence-corrected chi connectivity index (χ2v) is 11.1. The Balaban J connectivity index is 1.76. The molecule has 2 aromatic carbocycles. The number of carboxylic acid groups (broad SMARTS) is 2. The molecular weight excluding hydrogens is 602 g/mol. The number of hydrogen-bond donors (Lipinski definition) is 7. The average molecular weight is 642 g/mol. The predicted molar refractivity (Wildman–Crippen MR) is 167 cm³/mol. The molecule has 0 unspecified atom stereocenters. The smallest absolute Gasteiger partial charge is 0.408 e. The summed E-state index contributed by atoms with van der Waals surface area (Å²) in [4.78, 5) is 71.1. The van der Waals surface area contributed by atoms with Crippen molar-refractivity contribution in [2.75, 3.05) is 23.7 Å². The van der Waals surface area contributed by atoms with E-state index in [0.29, 0.717) is 22.7 Å². The van der Waals surface area contributed by atoms with Gasteiger partial charge in [-0.25, -0.2) is 9.59 Å². The van der Waals surface area contributed by atoms with Gasteiger partial charge in [-0.05, 0) is 88.6 Å². The maximum atomic E-state index is 12.3. The lowest BCUT2D eigenvalue weighted by Gasteiger charge is -2.23. The maximum absolute atomic E-state index is 12.3. The molecule has 0 bridgehead atoms. The molecule has 2 aromatic rings. The summed E-state index contributed by atoms with van der Waals surface area (Å²) in [7, 11) is 0. The van der Waals surface area contributed by atoms with Crippen molar-refractivity contribution in [3.8, 4) is 0 Å². The van der Waals surface area contributed by atoms with Crippen LogP contribution in [0.2, 0.25) is 0 Å². The molecule has 0 aliphatic heterocycles. The first-order chi connectivity index (χ1) is 21.6. The SMILES string of the molecule is CC(C)(C)OC(=O)N[C@@H](C[C@@H](CCCC(=O)NCC(=O)Nc1ccc(/N=N/c2ccc(NC(=O)CN)cc2)cc1)C(=O)O)C(=O)O. The van der Waals surface area contributed by atoms with E-state index in [1.807, 2.05) is 0 Å². The third-order valence-electron chi connectivity index (χ3n) is 6.03. The van der Waals surface area contributed by atoms with Crippen LogP contribution < -0.4 is 27.0 Å². The monoisotopic (exact) mass is 641 g/mol. The second kappa shape index (κ2) is 17.8. The van der Waals surface area contributed by atoms with Gasteiger partial charge < -0.3 is 42.0 Å². The van der Waals surface area contributed by atoms with Gasteiger partial charge in [-0.1, -0.05) is 0 Å². The molecule has 8 N–H and O–H groups in total. The number of amides is 4. The standard InChI is InChI=1S/C30H39N7O9/c1-30(2,3)46-29(45)35-23(28(43)44)15-18(27(41)42)5-4-6-24(38)32-17-26(40)34-20-9-13-22(14-10-20)37-36-21-11-7-19(8-12-21)33-25(39)16-31/h7-14,18,23H,4-6,15-17,31H2,1-3H3,(H,32,38)(H,33,39)(H,34,40)(H,35,45)(H,41,42)(H,43,44)/b37-36+/t18-,23+/m1/s1. The summed E-state index contributed by atoms with van der Waals surface area (Å²) in [5.41, 5.74) is 6.50. The molecule has 2 rings (SSSR count). The van der Waals surface area contributed by atoms with E-state index in [1.165, 1.54) is 0 Å². The van der Waals surface area contributed by atoms with E-state index in [2.05, 4.69) is 31.5 Å². The number of azo groups is 1. The largest absolute Gasteiger partial charge is 0.481 e. The van der Waals surface area contributed by atoms with Crippen molar-refractivity contribution < 1.29 is 43.7 Å². The average Bonchev–Trinajstić information content (AvgIpc) is 2.98. The van der Waals surface area contributed by atoms with E-state index >= 15 is 0 Å². The molecule has 0 aliphatic rings.